The summed E-state index contributed by atoms with van der Waals surface area (Å²) in [5.41, 5.74) is 1.37. The van der Waals surface area contributed by atoms with E-state index < -0.39 is 0 Å². The van der Waals surface area contributed by atoms with Gasteiger partial charge in [-0.25, -0.2) is 5.01 Å². The summed E-state index contributed by atoms with van der Waals surface area (Å²) in [7, 11) is 0. The summed E-state index contributed by atoms with van der Waals surface area (Å²) in [5.74, 6) is 0.610. The summed E-state index contributed by atoms with van der Waals surface area (Å²) in [6.07, 6.45) is 2.07. The minimum Gasteiger partial charge on any atom is -0.508 e. The molecule has 0 saturated carbocycles. The Balaban J connectivity index is 1.75. The van der Waals surface area contributed by atoms with Crippen molar-refractivity contribution < 1.29 is 14.3 Å². The SMILES string of the molecule is O=C(c1cccs1)N1N=C(c2ccco2)CC1c1ccccc1O. The van der Waals surface area contributed by atoms with Crippen molar-refractivity contribution in [2.24, 2.45) is 5.10 Å². The molecule has 5 nitrogen and oxygen atoms in total. The Morgan fingerprint density at radius 3 is 2.79 bits per heavy atom. The fourth-order valence-electron chi connectivity index (χ4n) is 2.81. The van der Waals surface area contributed by atoms with Crippen molar-refractivity contribution in [1.29, 1.82) is 0 Å². The van der Waals surface area contributed by atoms with E-state index in [0.717, 1.165) is 0 Å². The number of hydrazone groups is 1. The second-order valence-electron chi connectivity index (χ2n) is 5.43. The van der Waals surface area contributed by atoms with E-state index in [1.165, 1.54) is 16.3 Å². The normalized spacial score (nSPS) is 17.1. The fraction of sp³-hybridized carbons (Fsp3) is 0.111. The topological polar surface area (TPSA) is 66.0 Å². The number of aromatic hydroxyl groups is 1. The zero-order valence-corrected chi connectivity index (χ0v) is 13.4. The Morgan fingerprint density at radius 2 is 2.08 bits per heavy atom. The number of para-hydroxylation sites is 1. The fourth-order valence-corrected chi connectivity index (χ4v) is 3.47. The highest BCUT2D eigenvalue weighted by Crippen LogP contribution is 2.38. The number of phenolic OH excluding ortho intramolecular Hbond substituents is 1. The van der Waals surface area contributed by atoms with Crippen molar-refractivity contribution in [2.45, 2.75) is 12.5 Å². The summed E-state index contributed by atoms with van der Waals surface area (Å²) < 4.78 is 5.42. The Morgan fingerprint density at radius 1 is 1.21 bits per heavy atom. The molecule has 1 unspecified atom stereocenters. The van der Waals surface area contributed by atoms with Crippen LogP contribution in [-0.4, -0.2) is 21.7 Å². The van der Waals surface area contributed by atoms with E-state index in [1.54, 1.807) is 30.5 Å². The van der Waals surface area contributed by atoms with E-state index in [1.807, 2.05) is 29.6 Å². The average molecular weight is 338 g/mol. The zero-order valence-electron chi connectivity index (χ0n) is 12.6. The largest absolute Gasteiger partial charge is 0.508 e. The molecular formula is C18H14N2O3S. The molecule has 24 heavy (non-hydrogen) atoms. The lowest BCUT2D eigenvalue weighted by molar-refractivity contribution is 0.0714. The Kier molecular flexibility index (Phi) is 3.66. The number of thiophene rings is 1. The van der Waals surface area contributed by atoms with Crippen LogP contribution in [0, 0.1) is 0 Å². The first-order chi connectivity index (χ1) is 11.7. The van der Waals surface area contributed by atoms with Crippen LogP contribution < -0.4 is 0 Å². The lowest BCUT2D eigenvalue weighted by Gasteiger charge is -2.22. The summed E-state index contributed by atoms with van der Waals surface area (Å²) in [4.78, 5) is 13.4. The maximum Gasteiger partial charge on any atom is 0.284 e. The Bertz CT molecular complexity index is 885. The molecule has 2 aromatic heterocycles. The molecule has 1 N–H and O–H groups in total. The third kappa shape index (κ3) is 2.51. The average Bonchev–Trinajstić information content (AvgIpc) is 3.34. The first kappa shape index (κ1) is 14.7. The number of phenols is 1. The third-order valence-electron chi connectivity index (χ3n) is 3.95. The maximum atomic E-state index is 12.8. The summed E-state index contributed by atoms with van der Waals surface area (Å²) >= 11 is 1.37. The third-order valence-corrected chi connectivity index (χ3v) is 4.81. The molecule has 6 heteroatoms. The molecule has 0 saturated heterocycles. The molecule has 3 aromatic rings. The van der Waals surface area contributed by atoms with Gasteiger partial charge in [0.2, 0.25) is 0 Å². The predicted octanol–water partition coefficient (Wildman–Crippen LogP) is 4.04. The Labute approximate surface area is 142 Å². The number of benzene rings is 1. The first-order valence-electron chi connectivity index (χ1n) is 7.50. The second-order valence-corrected chi connectivity index (χ2v) is 6.38. The molecular weight excluding hydrogens is 324 g/mol. The standard InChI is InChI=1S/C18H14N2O3S/c21-15-6-2-1-5-12(15)14-11-13(16-7-3-9-23-16)19-20(14)18(22)17-8-4-10-24-17/h1-10,14,21H,11H2. The summed E-state index contributed by atoms with van der Waals surface area (Å²) in [6, 6.07) is 13.9. The van der Waals surface area contributed by atoms with Gasteiger partial charge in [-0.1, -0.05) is 24.3 Å². The van der Waals surface area contributed by atoms with Crippen LogP contribution in [0.3, 0.4) is 0 Å². The number of carbonyl (C=O) groups excluding carboxylic acids is 1. The van der Waals surface area contributed by atoms with Gasteiger partial charge in [0.25, 0.3) is 5.91 Å². The number of hydrogen-bond acceptors (Lipinski definition) is 5. The van der Waals surface area contributed by atoms with Crippen LogP contribution in [0.15, 0.2) is 69.7 Å². The molecule has 4 rings (SSSR count). The van der Waals surface area contributed by atoms with E-state index in [0.29, 0.717) is 28.3 Å². The number of hydrogen-bond donors (Lipinski definition) is 1. The van der Waals surface area contributed by atoms with Gasteiger partial charge in [-0.2, -0.15) is 5.10 Å². The molecule has 1 aliphatic heterocycles. The zero-order chi connectivity index (χ0) is 16.5. The van der Waals surface area contributed by atoms with Crippen molar-refractivity contribution in [3.8, 4) is 5.75 Å². The molecule has 1 aromatic carbocycles. The van der Waals surface area contributed by atoms with Crippen molar-refractivity contribution in [3.63, 3.8) is 0 Å². The highest BCUT2D eigenvalue weighted by atomic mass is 32.1. The van der Waals surface area contributed by atoms with Gasteiger partial charge < -0.3 is 9.52 Å². The van der Waals surface area contributed by atoms with Crippen LogP contribution in [-0.2, 0) is 0 Å². The molecule has 0 bridgehead atoms. The van der Waals surface area contributed by atoms with Crippen molar-refractivity contribution in [3.05, 3.63) is 76.4 Å². The van der Waals surface area contributed by atoms with E-state index in [-0.39, 0.29) is 17.7 Å². The van der Waals surface area contributed by atoms with Crippen LogP contribution in [0.5, 0.6) is 5.75 Å². The molecule has 0 aliphatic carbocycles. The number of amides is 1. The lowest BCUT2D eigenvalue weighted by atomic mass is 10.00. The minimum atomic E-state index is -0.360. The van der Waals surface area contributed by atoms with Crippen LogP contribution in [0.25, 0.3) is 0 Å². The Hall–Kier alpha value is -2.86. The van der Waals surface area contributed by atoms with E-state index >= 15 is 0 Å². The van der Waals surface area contributed by atoms with Gasteiger partial charge in [0, 0.05) is 12.0 Å². The molecule has 0 radical (unpaired) electrons. The summed E-state index contributed by atoms with van der Waals surface area (Å²) in [5, 5.41) is 18.0. The smallest absolute Gasteiger partial charge is 0.284 e. The molecule has 3 heterocycles. The number of nitrogens with zero attached hydrogens (tertiary/aromatic N) is 2. The molecule has 0 spiro atoms. The quantitative estimate of drug-likeness (QED) is 0.784. The van der Waals surface area contributed by atoms with Crippen molar-refractivity contribution in [1.82, 2.24) is 5.01 Å². The van der Waals surface area contributed by atoms with Crippen LogP contribution >= 0.6 is 11.3 Å². The number of carbonyl (C=O) groups is 1. The van der Waals surface area contributed by atoms with Gasteiger partial charge >= 0.3 is 0 Å². The lowest BCUT2D eigenvalue weighted by Crippen LogP contribution is -2.26. The highest BCUT2D eigenvalue weighted by molar-refractivity contribution is 7.12. The van der Waals surface area contributed by atoms with Gasteiger partial charge in [-0.3, -0.25) is 4.79 Å². The van der Waals surface area contributed by atoms with E-state index in [2.05, 4.69) is 5.10 Å². The minimum absolute atomic E-state index is 0.155. The van der Waals surface area contributed by atoms with Gasteiger partial charge in [-0.15, -0.1) is 11.3 Å². The van der Waals surface area contributed by atoms with Crippen LogP contribution in [0.1, 0.15) is 33.5 Å². The summed E-state index contributed by atoms with van der Waals surface area (Å²) in [6.45, 7) is 0. The van der Waals surface area contributed by atoms with E-state index in [9.17, 15) is 9.90 Å². The molecule has 0 fully saturated rings. The monoisotopic (exact) mass is 338 g/mol. The molecule has 1 aliphatic rings. The number of furan rings is 1. The molecule has 1 atom stereocenters. The number of rotatable bonds is 3. The van der Waals surface area contributed by atoms with Crippen molar-refractivity contribution >= 4 is 23.0 Å². The van der Waals surface area contributed by atoms with Crippen LogP contribution in [0.4, 0.5) is 0 Å². The second kappa shape index (κ2) is 5.98. The predicted molar refractivity (Wildman–Crippen MR) is 91.2 cm³/mol. The highest BCUT2D eigenvalue weighted by Gasteiger charge is 2.36. The van der Waals surface area contributed by atoms with Gasteiger partial charge in [0.15, 0.2) is 0 Å². The first-order valence-corrected chi connectivity index (χ1v) is 8.38. The van der Waals surface area contributed by atoms with Crippen LogP contribution in [0.2, 0.25) is 0 Å². The van der Waals surface area contributed by atoms with Crippen molar-refractivity contribution in [2.75, 3.05) is 0 Å². The van der Waals surface area contributed by atoms with E-state index in [4.69, 9.17) is 4.42 Å². The molecule has 120 valence electrons. The van der Waals surface area contributed by atoms with Gasteiger partial charge in [0.05, 0.1) is 17.2 Å². The van der Waals surface area contributed by atoms with Gasteiger partial charge in [0.1, 0.15) is 17.2 Å². The molecule has 1 amide bonds. The maximum absolute atomic E-state index is 12.8. The van der Waals surface area contributed by atoms with Gasteiger partial charge in [-0.05, 0) is 29.6 Å².